The number of carboxylic acids is 1. The van der Waals surface area contributed by atoms with Crippen LogP contribution in [0.4, 0.5) is 0 Å². The van der Waals surface area contributed by atoms with Crippen LogP contribution in [0.3, 0.4) is 0 Å². The summed E-state index contributed by atoms with van der Waals surface area (Å²) >= 11 is 3.29. The first-order valence-electron chi connectivity index (χ1n) is 4.10. The number of carbonyl (C=O) groups excluding carboxylic acids is 1. The van der Waals surface area contributed by atoms with Crippen molar-refractivity contribution in [3.8, 4) is 5.75 Å². The summed E-state index contributed by atoms with van der Waals surface area (Å²) in [5.41, 5.74) is 0.403. The van der Waals surface area contributed by atoms with Gasteiger partial charge in [0.25, 0.3) is 0 Å². The lowest BCUT2D eigenvalue weighted by Crippen LogP contribution is -2.21. The molecule has 0 saturated carbocycles. The van der Waals surface area contributed by atoms with Crippen molar-refractivity contribution in [2.75, 3.05) is 7.11 Å². The van der Waals surface area contributed by atoms with E-state index in [2.05, 4.69) is 15.9 Å². The SMILES string of the molecule is COc1cc(Br)cc2cc(C(=O)[O-])oc12. The minimum atomic E-state index is -1.34. The van der Waals surface area contributed by atoms with Crippen LogP contribution in [0.2, 0.25) is 0 Å². The fourth-order valence-electron chi connectivity index (χ4n) is 1.34. The molecule has 0 spiro atoms. The van der Waals surface area contributed by atoms with Crippen molar-refractivity contribution in [3.05, 3.63) is 28.4 Å². The first kappa shape index (κ1) is 10.0. The number of aromatic carboxylic acids is 1. The number of carbonyl (C=O) groups is 1. The number of halogens is 1. The van der Waals surface area contributed by atoms with Gasteiger partial charge in [0.15, 0.2) is 17.1 Å². The Morgan fingerprint density at radius 1 is 1.47 bits per heavy atom. The van der Waals surface area contributed by atoms with E-state index in [-0.39, 0.29) is 5.76 Å². The maximum atomic E-state index is 10.6. The number of furan rings is 1. The molecule has 4 nitrogen and oxygen atoms in total. The Morgan fingerprint density at radius 2 is 2.20 bits per heavy atom. The molecule has 0 radical (unpaired) electrons. The van der Waals surface area contributed by atoms with Gasteiger partial charge in [-0.3, -0.25) is 0 Å². The highest BCUT2D eigenvalue weighted by Crippen LogP contribution is 2.32. The maximum Gasteiger partial charge on any atom is 0.176 e. The summed E-state index contributed by atoms with van der Waals surface area (Å²) in [4.78, 5) is 10.6. The quantitative estimate of drug-likeness (QED) is 0.830. The molecule has 1 aromatic carbocycles. The molecule has 0 N–H and O–H groups in total. The van der Waals surface area contributed by atoms with Crippen LogP contribution in [0, 0.1) is 0 Å². The molecule has 0 aliphatic heterocycles. The van der Waals surface area contributed by atoms with Crippen LogP contribution in [0.1, 0.15) is 10.6 Å². The van der Waals surface area contributed by atoms with Gasteiger partial charge in [0.1, 0.15) is 5.97 Å². The van der Waals surface area contributed by atoms with Crippen molar-refractivity contribution >= 4 is 32.9 Å². The van der Waals surface area contributed by atoms with Crippen molar-refractivity contribution in [1.29, 1.82) is 0 Å². The van der Waals surface area contributed by atoms with Crippen LogP contribution < -0.4 is 9.84 Å². The molecule has 0 unspecified atom stereocenters. The molecule has 0 amide bonds. The predicted octanol–water partition coefficient (Wildman–Crippen LogP) is 1.57. The van der Waals surface area contributed by atoms with E-state index >= 15 is 0 Å². The molecule has 0 saturated heterocycles. The zero-order valence-electron chi connectivity index (χ0n) is 7.74. The van der Waals surface area contributed by atoms with Gasteiger partial charge in [-0.15, -0.1) is 0 Å². The summed E-state index contributed by atoms with van der Waals surface area (Å²) < 4.78 is 11.0. The molecular weight excluding hydrogens is 264 g/mol. The molecule has 5 heteroatoms. The van der Waals surface area contributed by atoms with Crippen LogP contribution in [0.15, 0.2) is 27.1 Å². The number of carboxylic acid groups (broad SMARTS) is 1. The topological polar surface area (TPSA) is 62.5 Å². The predicted molar refractivity (Wildman–Crippen MR) is 54.8 cm³/mol. The van der Waals surface area contributed by atoms with Crippen LogP contribution in [0.25, 0.3) is 11.0 Å². The normalized spacial score (nSPS) is 10.5. The number of hydrogen-bond donors (Lipinski definition) is 0. The minimum absolute atomic E-state index is 0.207. The van der Waals surface area contributed by atoms with Crippen LogP contribution in [-0.4, -0.2) is 13.1 Å². The number of hydrogen-bond acceptors (Lipinski definition) is 4. The number of benzene rings is 1. The third-order valence-corrected chi connectivity index (χ3v) is 2.43. The summed E-state index contributed by atoms with van der Waals surface area (Å²) in [7, 11) is 1.49. The Morgan fingerprint density at radius 3 is 2.80 bits per heavy atom. The second-order valence-electron chi connectivity index (χ2n) is 2.92. The second-order valence-corrected chi connectivity index (χ2v) is 3.84. The van der Waals surface area contributed by atoms with E-state index in [1.807, 2.05) is 0 Å². The molecule has 2 rings (SSSR count). The molecule has 78 valence electrons. The lowest BCUT2D eigenvalue weighted by Gasteiger charge is -2.00. The van der Waals surface area contributed by atoms with Gasteiger partial charge in [-0.2, -0.15) is 0 Å². The summed E-state index contributed by atoms with van der Waals surface area (Å²) in [6.45, 7) is 0. The Bertz CT molecular complexity index is 529. The van der Waals surface area contributed by atoms with Crippen molar-refractivity contribution in [3.63, 3.8) is 0 Å². The third-order valence-electron chi connectivity index (χ3n) is 1.97. The highest BCUT2D eigenvalue weighted by molar-refractivity contribution is 9.10. The van der Waals surface area contributed by atoms with Gasteiger partial charge in [0.05, 0.1) is 7.11 Å². The van der Waals surface area contributed by atoms with Crippen LogP contribution >= 0.6 is 15.9 Å². The zero-order chi connectivity index (χ0) is 11.0. The van der Waals surface area contributed by atoms with E-state index in [9.17, 15) is 9.90 Å². The third kappa shape index (κ3) is 1.70. The first-order chi connectivity index (χ1) is 7.11. The Hall–Kier alpha value is -1.49. The Labute approximate surface area is 93.6 Å². The van der Waals surface area contributed by atoms with Crippen LogP contribution in [-0.2, 0) is 0 Å². The Balaban J connectivity index is 2.74. The standard InChI is InChI=1S/C10H7BrO4/c1-14-7-4-6(11)2-5-3-8(10(12)13)15-9(5)7/h2-4H,1H3,(H,12,13)/p-1. The van der Waals surface area contributed by atoms with Crippen LogP contribution in [0.5, 0.6) is 5.75 Å². The zero-order valence-corrected chi connectivity index (χ0v) is 9.33. The molecule has 2 aromatic rings. The van der Waals surface area contributed by atoms with Crippen molar-refractivity contribution in [1.82, 2.24) is 0 Å². The van der Waals surface area contributed by atoms with Gasteiger partial charge in [-0.05, 0) is 18.2 Å². The average molecular weight is 270 g/mol. The van der Waals surface area contributed by atoms with Gasteiger partial charge in [0.2, 0.25) is 0 Å². The molecular formula is C10H6BrO4-. The smallest absolute Gasteiger partial charge is 0.176 e. The molecule has 0 atom stereocenters. The van der Waals surface area contributed by atoms with E-state index in [4.69, 9.17) is 9.15 Å². The Kier molecular flexibility index (Phi) is 2.40. The second kappa shape index (κ2) is 3.58. The summed E-state index contributed by atoms with van der Waals surface area (Å²) in [6.07, 6.45) is 0. The lowest BCUT2D eigenvalue weighted by atomic mass is 10.2. The summed E-state index contributed by atoms with van der Waals surface area (Å²) in [6, 6.07) is 4.84. The van der Waals surface area contributed by atoms with Crippen molar-refractivity contribution < 1.29 is 19.1 Å². The lowest BCUT2D eigenvalue weighted by molar-refractivity contribution is -0.256. The largest absolute Gasteiger partial charge is 0.542 e. The monoisotopic (exact) mass is 269 g/mol. The molecule has 0 aliphatic rings. The fraction of sp³-hybridized carbons (Fsp3) is 0.100. The maximum absolute atomic E-state index is 10.6. The number of ether oxygens (including phenoxy) is 1. The molecule has 0 fully saturated rings. The number of fused-ring (bicyclic) bond motifs is 1. The minimum Gasteiger partial charge on any atom is -0.542 e. The first-order valence-corrected chi connectivity index (χ1v) is 4.89. The van der Waals surface area contributed by atoms with Gasteiger partial charge in [-0.25, -0.2) is 0 Å². The highest BCUT2D eigenvalue weighted by atomic mass is 79.9. The average Bonchev–Trinajstić information content (AvgIpc) is 2.59. The van der Waals surface area contributed by atoms with Gasteiger partial charge in [-0.1, -0.05) is 15.9 Å². The van der Waals surface area contributed by atoms with E-state index in [0.717, 1.165) is 4.47 Å². The van der Waals surface area contributed by atoms with Gasteiger partial charge >= 0.3 is 0 Å². The van der Waals surface area contributed by atoms with Gasteiger partial charge in [0, 0.05) is 9.86 Å². The van der Waals surface area contributed by atoms with E-state index in [1.165, 1.54) is 13.2 Å². The highest BCUT2D eigenvalue weighted by Gasteiger charge is 2.10. The molecule has 1 aromatic heterocycles. The number of methoxy groups -OCH3 is 1. The van der Waals surface area contributed by atoms with Gasteiger partial charge < -0.3 is 19.1 Å². The van der Waals surface area contributed by atoms with Crippen molar-refractivity contribution in [2.45, 2.75) is 0 Å². The summed E-state index contributed by atoms with van der Waals surface area (Å²) in [5, 5.41) is 11.3. The van der Waals surface area contributed by atoms with Crippen molar-refractivity contribution in [2.24, 2.45) is 0 Å². The fourth-order valence-corrected chi connectivity index (χ4v) is 1.79. The van der Waals surface area contributed by atoms with E-state index in [1.54, 1.807) is 12.1 Å². The molecule has 0 aliphatic carbocycles. The van der Waals surface area contributed by atoms with E-state index in [0.29, 0.717) is 16.7 Å². The van der Waals surface area contributed by atoms with E-state index < -0.39 is 5.97 Å². The summed E-state index contributed by atoms with van der Waals surface area (Å²) in [5.74, 6) is -1.07. The molecule has 0 bridgehead atoms. The molecule has 1 heterocycles. The number of rotatable bonds is 2. The molecule has 15 heavy (non-hydrogen) atoms.